The number of amides is 1. The van der Waals surface area contributed by atoms with Crippen LogP contribution < -0.4 is 10.6 Å². The number of aryl methyl sites for hydroxylation is 1. The number of carbonyl (C=O) groups excluding carboxylic acids is 1. The van der Waals surface area contributed by atoms with Gasteiger partial charge < -0.3 is 10.6 Å². The fraction of sp³-hybridized carbons (Fsp3) is 0.188. The van der Waals surface area contributed by atoms with E-state index < -0.39 is 0 Å². The van der Waals surface area contributed by atoms with Crippen LogP contribution in [0.1, 0.15) is 18.1 Å². The molecule has 0 heterocycles. The van der Waals surface area contributed by atoms with E-state index in [9.17, 15) is 4.79 Å². The van der Waals surface area contributed by atoms with Crippen LogP contribution in [-0.2, 0) is 11.3 Å². The van der Waals surface area contributed by atoms with Crippen molar-refractivity contribution in [2.45, 2.75) is 20.4 Å². The molecule has 0 unspecified atom stereocenters. The van der Waals surface area contributed by atoms with Gasteiger partial charge in [0.1, 0.15) is 0 Å². The van der Waals surface area contributed by atoms with Crippen LogP contribution in [0.4, 0.5) is 11.4 Å². The van der Waals surface area contributed by atoms with Gasteiger partial charge in [-0.25, -0.2) is 0 Å². The summed E-state index contributed by atoms with van der Waals surface area (Å²) in [4.78, 5) is 11.2. The van der Waals surface area contributed by atoms with Crippen LogP contribution in [0.3, 0.4) is 0 Å². The van der Waals surface area contributed by atoms with Gasteiger partial charge in [0, 0.05) is 34.3 Å². The Morgan fingerprint density at radius 2 is 2.00 bits per heavy atom. The maximum Gasteiger partial charge on any atom is 0.221 e. The van der Waals surface area contributed by atoms with Crippen LogP contribution in [-0.4, -0.2) is 5.91 Å². The molecule has 3 nitrogen and oxygen atoms in total. The number of hydrogen-bond donors (Lipinski definition) is 2. The molecule has 2 aromatic carbocycles. The van der Waals surface area contributed by atoms with E-state index in [-0.39, 0.29) is 5.91 Å². The molecule has 0 spiro atoms. The van der Waals surface area contributed by atoms with Gasteiger partial charge in [0.05, 0.1) is 0 Å². The summed E-state index contributed by atoms with van der Waals surface area (Å²) in [6.07, 6.45) is 0. The van der Waals surface area contributed by atoms with Crippen molar-refractivity contribution in [3.8, 4) is 0 Å². The molecule has 0 radical (unpaired) electrons. The highest BCUT2D eigenvalue weighted by Gasteiger charge is 2.04. The van der Waals surface area contributed by atoms with E-state index in [2.05, 4.69) is 26.6 Å². The first-order valence-electron chi connectivity index (χ1n) is 6.52. The van der Waals surface area contributed by atoms with Gasteiger partial charge in [0.25, 0.3) is 0 Å². The third kappa shape index (κ3) is 4.48. The molecule has 0 saturated heterocycles. The number of hydrogen-bond acceptors (Lipinski definition) is 2. The minimum Gasteiger partial charge on any atom is -0.381 e. The molecule has 0 saturated carbocycles. The first kappa shape index (κ1) is 15.9. The average Bonchev–Trinajstić information content (AvgIpc) is 2.40. The molecule has 2 N–H and O–H groups in total. The minimum atomic E-state index is -0.0734. The van der Waals surface area contributed by atoms with Gasteiger partial charge in [-0.15, -0.1) is 0 Å². The van der Waals surface area contributed by atoms with Gasteiger partial charge in [-0.3, -0.25) is 4.79 Å². The zero-order valence-corrected chi connectivity index (χ0v) is 14.2. The van der Waals surface area contributed by atoms with Crippen molar-refractivity contribution in [3.05, 3.63) is 57.0 Å². The molecular weight excluding hydrogens is 352 g/mol. The Bertz CT molecular complexity index is 673. The van der Waals surface area contributed by atoms with Crippen LogP contribution >= 0.6 is 27.5 Å². The van der Waals surface area contributed by atoms with Gasteiger partial charge in [0.2, 0.25) is 5.91 Å². The smallest absolute Gasteiger partial charge is 0.221 e. The SMILES string of the molecule is CC(=O)Nc1cc(NCc2ccc(Cl)cc2Br)ccc1C. The first-order valence-corrected chi connectivity index (χ1v) is 7.69. The molecule has 5 heteroatoms. The minimum absolute atomic E-state index is 0.0734. The lowest BCUT2D eigenvalue weighted by molar-refractivity contribution is -0.114. The Hall–Kier alpha value is -1.52. The molecule has 1 amide bonds. The summed E-state index contributed by atoms with van der Waals surface area (Å²) in [7, 11) is 0. The van der Waals surface area contributed by atoms with Crippen LogP contribution in [0.2, 0.25) is 5.02 Å². The van der Waals surface area contributed by atoms with E-state index in [0.29, 0.717) is 11.6 Å². The molecule has 0 fully saturated rings. The molecule has 0 atom stereocenters. The largest absolute Gasteiger partial charge is 0.381 e. The Balaban J connectivity index is 2.11. The van der Waals surface area contributed by atoms with Gasteiger partial charge in [-0.2, -0.15) is 0 Å². The predicted molar refractivity (Wildman–Crippen MR) is 92.0 cm³/mol. The van der Waals surface area contributed by atoms with E-state index in [4.69, 9.17) is 11.6 Å². The molecule has 110 valence electrons. The number of benzene rings is 2. The molecular formula is C16H16BrClN2O. The Morgan fingerprint density at radius 3 is 2.67 bits per heavy atom. The van der Waals surface area contributed by atoms with Gasteiger partial charge in [0.15, 0.2) is 0 Å². The zero-order valence-electron chi connectivity index (χ0n) is 11.8. The van der Waals surface area contributed by atoms with Crippen molar-refractivity contribution in [2.24, 2.45) is 0 Å². The number of rotatable bonds is 4. The predicted octanol–water partition coefficient (Wildman–Crippen LogP) is 4.98. The second-order valence-corrected chi connectivity index (χ2v) is 6.09. The average molecular weight is 368 g/mol. The number of carbonyl (C=O) groups is 1. The van der Waals surface area contributed by atoms with Crippen LogP contribution in [0, 0.1) is 6.92 Å². The molecule has 0 aliphatic rings. The van der Waals surface area contributed by atoms with Crippen LogP contribution in [0.25, 0.3) is 0 Å². The Kier molecular flexibility index (Phi) is 5.26. The lowest BCUT2D eigenvalue weighted by atomic mass is 10.1. The highest BCUT2D eigenvalue weighted by molar-refractivity contribution is 9.10. The van der Waals surface area contributed by atoms with Crippen molar-refractivity contribution in [3.63, 3.8) is 0 Å². The van der Waals surface area contributed by atoms with E-state index in [1.54, 1.807) is 0 Å². The fourth-order valence-corrected chi connectivity index (χ4v) is 2.74. The fourth-order valence-electron chi connectivity index (χ4n) is 1.92. The molecule has 0 bridgehead atoms. The lowest BCUT2D eigenvalue weighted by Crippen LogP contribution is -2.08. The second kappa shape index (κ2) is 6.96. The molecule has 0 aromatic heterocycles. The standard InChI is InChI=1S/C16H16BrClN2O/c1-10-3-6-14(8-16(10)20-11(2)21)19-9-12-4-5-13(18)7-15(12)17/h3-8,19H,9H2,1-2H3,(H,20,21). The summed E-state index contributed by atoms with van der Waals surface area (Å²) < 4.78 is 0.969. The topological polar surface area (TPSA) is 41.1 Å². The third-order valence-electron chi connectivity index (χ3n) is 3.05. The quantitative estimate of drug-likeness (QED) is 0.800. The summed E-state index contributed by atoms with van der Waals surface area (Å²) in [5.74, 6) is -0.0734. The normalized spacial score (nSPS) is 10.3. The van der Waals surface area contributed by atoms with Crippen molar-refractivity contribution in [2.75, 3.05) is 10.6 Å². The number of anilines is 2. The maximum atomic E-state index is 11.2. The molecule has 2 rings (SSSR count). The van der Waals surface area contributed by atoms with Gasteiger partial charge >= 0.3 is 0 Å². The van der Waals surface area contributed by atoms with E-state index >= 15 is 0 Å². The highest BCUT2D eigenvalue weighted by atomic mass is 79.9. The molecule has 2 aromatic rings. The zero-order chi connectivity index (χ0) is 15.4. The van der Waals surface area contributed by atoms with Gasteiger partial charge in [-0.05, 0) is 42.3 Å². The summed E-state index contributed by atoms with van der Waals surface area (Å²) in [5, 5.41) is 6.87. The Morgan fingerprint density at radius 1 is 1.24 bits per heavy atom. The summed E-state index contributed by atoms with van der Waals surface area (Å²) in [6, 6.07) is 11.6. The third-order valence-corrected chi connectivity index (χ3v) is 4.02. The van der Waals surface area contributed by atoms with Crippen molar-refractivity contribution in [1.82, 2.24) is 0 Å². The number of halogens is 2. The van der Waals surface area contributed by atoms with Crippen LogP contribution in [0.5, 0.6) is 0 Å². The van der Waals surface area contributed by atoms with Crippen molar-refractivity contribution < 1.29 is 4.79 Å². The van der Waals surface area contributed by atoms with Crippen molar-refractivity contribution in [1.29, 1.82) is 0 Å². The molecule has 0 aliphatic carbocycles. The Labute approximate surface area is 137 Å². The van der Waals surface area contributed by atoms with E-state index in [1.165, 1.54) is 6.92 Å². The molecule has 21 heavy (non-hydrogen) atoms. The van der Waals surface area contributed by atoms with Crippen molar-refractivity contribution >= 4 is 44.8 Å². The number of nitrogens with one attached hydrogen (secondary N) is 2. The van der Waals surface area contributed by atoms with E-state index in [0.717, 1.165) is 27.0 Å². The summed E-state index contributed by atoms with van der Waals surface area (Å²) >= 11 is 9.43. The second-order valence-electron chi connectivity index (χ2n) is 4.80. The monoisotopic (exact) mass is 366 g/mol. The molecule has 0 aliphatic heterocycles. The van der Waals surface area contributed by atoms with E-state index in [1.807, 2.05) is 43.3 Å². The lowest BCUT2D eigenvalue weighted by Gasteiger charge is -2.12. The first-order chi connectivity index (χ1) is 9.95. The summed E-state index contributed by atoms with van der Waals surface area (Å²) in [6.45, 7) is 4.13. The summed E-state index contributed by atoms with van der Waals surface area (Å²) in [5.41, 5.74) is 3.92. The van der Waals surface area contributed by atoms with Gasteiger partial charge in [-0.1, -0.05) is 39.7 Å². The maximum absolute atomic E-state index is 11.2. The highest BCUT2D eigenvalue weighted by Crippen LogP contribution is 2.24. The van der Waals surface area contributed by atoms with Crippen LogP contribution in [0.15, 0.2) is 40.9 Å².